The average molecular weight is 347 g/mol. The van der Waals surface area contributed by atoms with E-state index in [1.165, 1.54) is 11.6 Å². The molecule has 2 aromatic rings. The molecule has 0 heterocycles. The molecule has 0 spiro atoms. The Morgan fingerprint density at radius 1 is 1.19 bits per heavy atom. The van der Waals surface area contributed by atoms with Gasteiger partial charge in [0.15, 0.2) is 0 Å². The number of carboxylic acids is 1. The molecule has 0 atom stereocenters. The van der Waals surface area contributed by atoms with E-state index < -0.39 is 5.97 Å². The highest BCUT2D eigenvalue weighted by atomic mass is 79.9. The van der Waals surface area contributed by atoms with Crippen LogP contribution < -0.4 is 4.74 Å². The average Bonchev–Trinajstić information content (AvgIpc) is 2.41. The molecule has 0 aliphatic heterocycles. The van der Waals surface area contributed by atoms with Crippen molar-refractivity contribution in [2.45, 2.75) is 13.8 Å². The first-order valence-electron chi connectivity index (χ1n) is 6.41. The second kappa shape index (κ2) is 6.59. The van der Waals surface area contributed by atoms with Crippen LogP contribution in [0.15, 0.2) is 46.9 Å². The first-order valence-corrected chi connectivity index (χ1v) is 7.20. The molecule has 0 amide bonds. The van der Waals surface area contributed by atoms with Crippen LogP contribution in [0.4, 0.5) is 0 Å². The molecule has 0 radical (unpaired) electrons. The van der Waals surface area contributed by atoms with Gasteiger partial charge in [-0.2, -0.15) is 0 Å². The zero-order valence-electron chi connectivity index (χ0n) is 11.8. The normalized spacial score (nSPS) is 10.8. The molecule has 0 unspecified atom stereocenters. The van der Waals surface area contributed by atoms with Crippen LogP contribution >= 0.6 is 15.9 Å². The SMILES string of the molecule is Cc1ccc(Oc2ccc(/C=C/C(=O)O)c(Br)c2)c(C)c1. The third-order valence-corrected chi connectivity index (χ3v) is 3.62. The fourth-order valence-corrected chi connectivity index (χ4v) is 2.40. The maximum atomic E-state index is 10.5. The van der Waals surface area contributed by atoms with E-state index in [2.05, 4.69) is 22.0 Å². The molecular weight excluding hydrogens is 332 g/mol. The van der Waals surface area contributed by atoms with Crippen LogP contribution in [-0.2, 0) is 4.79 Å². The molecule has 0 bridgehead atoms. The molecule has 0 aliphatic carbocycles. The van der Waals surface area contributed by atoms with Crippen LogP contribution in [0.2, 0.25) is 0 Å². The summed E-state index contributed by atoms with van der Waals surface area (Å²) in [5.74, 6) is 0.528. The van der Waals surface area contributed by atoms with E-state index in [9.17, 15) is 4.79 Å². The van der Waals surface area contributed by atoms with Crippen LogP contribution in [0.1, 0.15) is 16.7 Å². The van der Waals surface area contributed by atoms with Crippen molar-refractivity contribution in [3.05, 3.63) is 63.6 Å². The van der Waals surface area contributed by atoms with Crippen molar-refractivity contribution in [1.29, 1.82) is 0 Å². The van der Waals surface area contributed by atoms with Gasteiger partial charge >= 0.3 is 5.97 Å². The number of benzene rings is 2. The molecule has 21 heavy (non-hydrogen) atoms. The van der Waals surface area contributed by atoms with Gasteiger partial charge in [-0.3, -0.25) is 0 Å². The molecule has 0 fully saturated rings. The van der Waals surface area contributed by atoms with Gasteiger partial charge in [-0.15, -0.1) is 0 Å². The summed E-state index contributed by atoms with van der Waals surface area (Å²) in [6.45, 7) is 4.04. The van der Waals surface area contributed by atoms with Crippen LogP contribution in [0.3, 0.4) is 0 Å². The summed E-state index contributed by atoms with van der Waals surface area (Å²) < 4.78 is 6.64. The lowest BCUT2D eigenvalue weighted by Gasteiger charge is -2.10. The van der Waals surface area contributed by atoms with Gasteiger partial charge in [-0.25, -0.2) is 4.79 Å². The Bertz CT molecular complexity index is 705. The highest BCUT2D eigenvalue weighted by molar-refractivity contribution is 9.10. The number of rotatable bonds is 4. The van der Waals surface area contributed by atoms with Crippen molar-refractivity contribution in [2.24, 2.45) is 0 Å². The summed E-state index contributed by atoms with van der Waals surface area (Å²) in [6, 6.07) is 11.4. The molecule has 108 valence electrons. The Morgan fingerprint density at radius 2 is 1.95 bits per heavy atom. The minimum absolute atomic E-state index is 0.696. The molecule has 0 saturated heterocycles. The maximum absolute atomic E-state index is 10.5. The summed E-state index contributed by atoms with van der Waals surface area (Å²) >= 11 is 3.42. The maximum Gasteiger partial charge on any atom is 0.328 e. The summed E-state index contributed by atoms with van der Waals surface area (Å²) in [6.07, 6.45) is 2.64. The highest BCUT2D eigenvalue weighted by Crippen LogP contribution is 2.29. The van der Waals surface area contributed by atoms with Gasteiger partial charge < -0.3 is 9.84 Å². The fraction of sp³-hybridized carbons (Fsp3) is 0.118. The number of carboxylic acid groups (broad SMARTS) is 1. The van der Waals surface area contributed by atoms with Gasteiger partial charge in [0.1, 0.15) is 11.5 Å². The van der Waals surface area contributed by atoms with Gasteiger partial charge in [0.05, 0.1) is 0 Å². The largest absolute Gasteiger partial charge is 0.478 e. The number of carbonyl (C=O) groups is 1. The third kappa shape index (κ3) is 4.20. The lowest BCUT2D eigenvalue weighted by atomic mass is 10.1. The third-order valence-electron chi connectivity index (χ3n) is 2.94. The summed E-state index contributed by atoms with van der Waals surface area (Å²) in [7, 11) is 0. The highest BCUT2D eigenvalue weighted by Gasteiger charge is 2.04. The van der Waals surface area contributed by atoms with Gasteiger partial charge in [-0.1, -0.05) is 39.7 Å². The Morgan fingerprint density at radius 3 is 2.57 bits per heavy atom. The Kier molecular flexibility index (Phi) is 4.81. The molecule has 1 N–H and O–H groups in total. The number of ether oxygens (including phenoxy) is 1. The standard InChI is InChI=1S/C17H15BrO3/c1-11-3-7-16(12(2)9-11)21-14-6-4-13(15(18)10-14)5-8-17(19)20/h3-10H,1-2H3,(H,19,20)/b8-5+. The number of hydrogen-bond donors (Lipinski definition) is 1. The predicted octanol–water partition coefficient (Wildman–Crippen LogP) is 4.96. The zero-order valence-corrected chi connectivity index (χ0v) is 13.3. The van der Waals surface area contributed by atoms with E-state index in [1.807, 2.05) is 44.2 Å². The second-order valence-electron chi connectivity index (χ2n) is 4.73. The zero-order chi connectivity index (χ0) is 15.4. The van der Waals surface area contributed by atoms with Crippen molar-refractivity contribution in [2.75, 3.05) is 0 Å². The van der Waals surface area contributed by atoms with E-state index in [-0.39, 0.29) is 0 Å². The molecule has 0 aliphatic rings. The second-order valence-corrected chi connectivity index (χ2v) is 5.58. The van der Waals surface area contributed by atoms with Crippen LogP contribution in [-0.4, -0.2) is 11.1 Å². The molecule has 4 heteroatoms. The van der Waals surface area contributed by atoms with Crippen molar-refractivity contribution in [1.82, 2.24) is 0 Å². The molecule has 0 saturated carbocycles. The van der Waals surface area contributed by atoms with Crippen LogP contribution in [0.5, 0.6) is 11.5 Å². The van der Waals surface area contributed by atoms with Crippen molar-refractivity contribution in [3.63, 3.8) is 0 Å². The van der Waals surface area contributed by atoms with E-state index in [1.54, 1.807) is 0 Å². The lowest BCUT2D eigenvalue weighted by Crippen LogP contribution is -1.90. The first kappa shape index (κ1) is 15.3. The molecule has 2 rings (SSSR count). The van der Waals surface area contributed by atoms with Crippen LogP contribution in [0, 0.1) is 13.8 Å². The Hall–Kier alpha value is -2.07. The van der Waals surface area contributed by atoms with E-state index >= 15 is 0 Å². The number of halogens is 1. The summed E-state index contributed by atoms with van der Waals surface area (Å²) in [4.78, 5) is 10.5. The monoisotopic (exact) mass is 346 g/mol. The minimum Gasteiger partial charge on any atom is -0.478 e. The minimum atomic E-state index is -0.975. The predicted molar refractivity (Wildman–Crippen MR) is 86.8 cm³/mol. The smallest absolute Gasteiger partial charge is 0.328 e. The summed E-state index contributed by atoms with van der Waals surface area (Å²) in [5, 5.41) is 8.64. The van der Waals surface area contributed by atoms with Gasteiger partial charge in [0, 0.05) is 10.5 Å². The van der Waals surface area contributed by atoms with Crippen molar-refractivity contribution >= 4 is 28.0 Å². The van der Waals surface area contributed by atoms with Crippen molar-refractivity contribution < 1.29 is 14.6 Å². The lowest BCUT2D eigenvalue weighted by molar-refractivity contribution is -0.131. The molecule has 3 nitrogen and oxygen atoms in total. The Balaban J connectivity index is 2.22. The van der Waals surface area contributed by atoms with E-state index in [0.717, 1.165) is 27.4 Å². The van der Waals surface area contributed by atoms with Gasteiger partial charge in [0.2, 0.25) is 0 Å². The number of aryl methyl sites for hydroxylation is 2. The van der Waals surface area contributed by atoms with E-state index in [0.29, 0.717) is 5.75 Å². The number of aliphatic carboxylic acids is 1. The quantitative estimate of drug-likeness (QED) is 0.796. The summed E-state index contributed by atoms with van der Waals surface area (Å²) in [5.41, 5.74) is 3.04. The van der Waals surface area contributed by atoms with Crippen LogP contribution in [0.25, 0.3) is 6.08 Å². The fourth-order valence-electron chi connectivity index (χ4n) is 1.91. The number of hydrogen-bond acceptors (Lipinski definition) is 2. The van der Waals surface area contributed by atoms with Crippen molar-refractivity contribution in [3.8, 4) is 11.5 Å². The first-order chi connectivity index (χ1) is 9.95. The Labute approximate surface area is 132 Å². The molecular formula is C17H15BrO3. The molecule has 0 aromatic heterocycles. The molecule has 2 aromatic carbocycles. The van der Waals surface area contributed by atoms with E-state index in [4.69, 9.17) is 9.84 Å². The topological polar surface area (TPSA) is 46.5 Å². The van der Waals surface area contributed by atoms with Gasteiger partial charge in [-0.05, 0) is 49.2 Å². The van der Waals surface area contributed by atoms with Gasteiger partial charge in [0.25, 0.3) is 0 Å².